The Morgan fingerprint density at radius 1 is 0.605 bits per heavy atom. The minimum absolute atomic E-state index is 0.537. The van der Waals surface area contributed by atoms with Crippen LogP contribution in [0.4, 0.5) is 79.0 Å². The average Bonchev–Trinajstić information content (AvgIpc) is 2.69. The van der Waals surface area contributed by atoms with Crippen molar-refractivity contribution in [2.75, 3.05) is 0 Å². The number of halogens is 18. The number of hydrogen-bond donors (Lipinski definition) is 0. The van der Waals surface area contributed by atoms with Crippen molar-refractivity contribution in [1.29, 1.82) is 0 Å². The van der Waals surface area contributed by atoms with E-state index in [2.05, 4.69) is 4.74 Å². The van der Waals surface area contributed by atoms with Gasteiger partial charge in [0, 0.05) is 0 Å². The summed E-state index contributed by atoms with van der Waals surface area (Å²) >= 11 is 0. The molecule has 0 spiro atoms. The van der Waals surface area contributed by atoms with Crippen molar-refractivity contribution in [1.82, 2.24) is 0 Å². The first-order chi connectivity index (χ1) is 16.6. The zero-order valence-corrected chi connectivity index (χ0v) is 17.0. The van der Waals surface area contributed by atoms with E-state index < -0.39 is 72.3 Å². The number of rotatable bonds is 9. The van der Waals surface area contributed by atoms with Gasteiger partial charge in [0.15, 0.2) is 0 Å². The Bertz CT molecular complexity index is 982. The molecule has 0 aliphatic heterocycles. The predicted molar refractivity (Wildman–Crippen MR) is 79.1 cm³/mol. The zero-order chi connectivity index (χ0) is 30.4. The van der Waals surface area contributed by atoms with Crippen molar-refractivity contribution in [2.24, 2.45) is 0 Å². The molecule has 220 valence electrons. The molecule has 0 N–H and O–H groups in total. The maximum Gasteiger partial charge on any atom is 0.462 e. The van der Waals surface area contributed by atoms with Crippen molar-refractivity contribution in [3.05, 3.63) is 35.6 Å². The number of ether oxygens (including phenoxy) is 3. The van der Waals surface area contributed by atoms with Gasteiger partial charge in [-0.05, 0) is 17.7 Å². The van der Waals surface area contributed by atoms with Crippen molar-refractivity contribution >= 4 is 5.97 Å². The predicted octanol–water partition coefficient (Wildman–Crippen LogP) is 6.74. The van der Waals surface area contributed by atoms with Gasteiger partial charge in [-0.15, -0.1) is 0 Å². The van der Waals surface area contributed by atoms with Crippen LogP contribution in [0.1, 0.15) is 5.56 Å². The van der Waals surface area contributed by atoms with Crippen LogP contribution in [0.2, 0.25) is 0 Å². The first kappa shape index (κ1) is 33.4. The third-order valence-electron chi connectivity index (χ3n) is 3.91. The maximum absolute atomic E-state index is 14.3. The largest absolute Gasteiger partial charge is 0.462 e. The van der Waals surface area contributed by atoms with Crippen LogP contribution < -0.4 is 0 Å². The van der Waals surface area contributed by atoms with Crippen LogP contribution in [0.15, 0.2) is 24.3 Å². The molecule has 1 aromatic carbocycles. The summed E-state index contributed by atoms with van der Waals surface area (Å²) in [5.41, 5.74) is -0.552. The van der Waals surface area contributed by atoms with Gasteiger partial charge in [0.05, 0.1) is 0 Å². The molecule has 0 amide bonds. The molecule has 0 saturated carbocycles. The topological polar surface area (TPSA) is 44.8 Å². The smallest absolute Gasteiger partial charge is 0.456 e. The van der Waals surface area contributed by atoms with Gasteiger partial charge in [0.25, 0.3) is 0 Å². The van der Waals surface area contributed by atoms with Gasteiger partial charge in [0.2, 0.25) is 0 Å². The van der Waals surface area contributed by atoms with Crippen LogP contribution in [0.25, 0.3) is 0 Å². The lowest BCUT2D eigenvalue weighted by molar-refractivity contribution is -0.548. The molecule has 0 heterocycles. The summed E-state index contributed by atoms with van der Waals surface area (Å²) in [5, 5.41) is 0. The maximum atomic E-state index is 14.3. The molecule has 1 rings (SSSR count). The molecule has 0 aliphatic carbocycles. The quantitative estimate of drug-likeness (QED) is 0.232. The Labute approximate surface area is 196 Å². The highest BCUT2D eigenvalue weighted by Crippen LogP contribution is 2.56. The zero-order valence-electron chi connectivity index (χ0n) is 17.0. The summed E-state index contributed by atoms with van der Waals surface area (Å²) < 4.78 is 241. The summed E-state index contributed by atoms with van der Waals surface area (Å²) in [6, 6.07) is 2.29. The Kier molecular flexibility index (Phi) is 8.63. The van der Waals surface area contributed by atoms with Crippen LogP contribution in [-0.4, -0.2) is 54.3 Å². The van der Waals surface area contributed by atoms with Crippen LogP contribution in [0.5, 0.6) is 0 Å². The number of carbonyl (C=O) groups is 1. The van der Waals surface area contributed by atoms with Crippen molar-refractivity contribution in [3.63, 3.8) is 0 Å². The van der Waals surface area contributed by atoms with E-state index in [0.717, 1.165) is 0 Å². The van der Waals surface area contributed by atoms with E-state index in [4.69, 9.17) is 0 Å². The molecule has 0 bridgehead atoms. The van der Waals surface area contributed by atoms with Crippen LogP contribution in [0.3, 0.4) is 0 Å². The van der Waals surface area contributed by atoms with E-state index in [1.807, 2.05) is 4.74 Å². The monoisotopic (exact) mass is 604 g/mol. The van der Waals surface area contributed by atoms with Crippen LogP contribution >= 0.6 is 0 Å². The molecule has 1 aromatic rings. The van der Waals surface area contributed by atoms with Gasteiger partial charge in [-0.25, -0.2) is 9.18 Å². The Morgan fingerprint density at radius 2 is 1.05 bits per heavy atom. The second kappa shape index (κ2) is 9.83. The third-order valence-corrected chi connectivity index (χ3v) is 3.91. The highest BCUT2D eigenvalue weighted by atomic mass is 19.4. The standard InChI is InChI=1S/C16H6F18O4/c17-7-3-1-6(2-4-7)5-36-8(35)9(18,12(22,23)24)37-16(33,34)11(21,14(28,29)30)38-15(31,32)10(19,20)13(25,26)27/h1-4H,5H2/t9-,11-/m0/s1. The lowest BCUT2D eigenvalue weighted by atomic mass is 10.2. The van der Waals surface area contributed by atoms with Gasteiger partial charge < -0.3 is 4.74 Å². The Hall–Kier alpha value is -2.65. The average molecular weight is 604 g/mol. The SMILES string of the molecule is O=C(OCc1ccc(F)cc1)[C@](F)(OC(F)(F)[C@@](F)(OC(F)(F)C(F)(F)C(F)(F)F)C(F)(F)F)C(F)(F)F. The van der Waals surface area contributed by atoms with Gasteiger partial charge in [0.1, 0.15) is 12.4 Å². The molecule has 0 aromatic heterocycles. The van der Waals surface area contributed by atoms with E-state index >= 15 is 0 Å². The fraction of sp³-hybridized carbons (Fsp3) is 0.562. The minimum atomic E-state index is -8.11. The van der Waals surface area contributed by atoms with E-state index in [-0.39, 0.29) is 0 Å². The van der Waals surface area contributed by atoms with Crippen LogP contribution in [-0.2, 0) is 25.6 Å². The number of esters is 1. The summed E-state index contributed by atoms with van der Waals surface area (Å²) in [6.07, 6.45) is -38.9. The normalized spacial score (nSPS) is 17.5. The number of benzene rings is 1. The lowest BCUT2D eigenvalue weighted by Gasteiger charge is -2.39. The molecule has 2 atom stereocenters. The molecule has 0 saturated heterocycles. The van der Waals surface area contributed by atoms with E-state index in [1.54, 1.807) is 0 Å². The fourth-order valence-corrected chi connectivity index (χ4v) is 1.97. The fourth-order valence-electron chi connectivity index (χ4n) is 1.97. The van der Waals surface area contributed by atoms with Gasteiger partial charge >= 0.3 is 54.3 Å². The summed E-state index contributed by atoms with van der Waals surface area (Å²) in [7, 11) is 0. The molecule has 0 unspecified atom stereocenters. The highest BCUT2D eigenvalue weighted by Gasteiger charge is 2.85. The molecule has 38 heavy (non-hydrogen) atoms. The Morgan fingerprint density at radius 3 is 1.42 bits per heavy atom. The first-order valence-corrected chi connectivity index (χ1v) is 8.59. The number of alkyl halides is 17. The summed E-state index contributed by atoms with van der Waals surface area (Å²) in [5.74, 6) is -27.8. The number of hydrogen-bond acceptors (Lipinski definition) is 4. The molecular weight excluding hydrogens is 598 g/mol. The van der Waals surface area contributed by atoms with Crippen LogP contribution in [0, 0.1) is 5.82 Å². The van der Waals surface area contributed by atoms with E-state index in [0.29, 0.717) is 24.3 Å². The minimum Gasteiger partial charge on any atom is -0.456 e. The lowest BCUT2D eigenvalue weighted by Crippen LogP contribution is -2.68. The molecular formula is C16H6F18O4. The van der Waals surface area contributed by atoms with Crippen molar-refractivity contribution in [3.8, 4) is 0 Å². The molecule has 4 nitrogen and oxygen atoms in total. The summed E-state index contributed by atoms with van der Waals surface area (Å²) in [6.45, 7) is -1.61. The molecule has 0 fully saturated rings. The molecule has 0 aliphatic rings. The van der Waals surface area contributed by atoms with E-state index in [9.17, 15) is 83.8 Å². The van der Waals surface area contributed by atoms with E-state index in [1.165, 1.54) is 4.74 Å². The second-order valence-electron chi connectivity index (χ2n) is 6.70. The molecule has 22 heteroatoms. The van der Waals surface area contributed by atoms with Gasteiger partial charge in [-0.3, -0.25) is 9.47 Å². The first-order valence-electron chi connectivity index (χ1n) is 8.59. The highest BCUT2D eigenvalue weighted by molar-refractivity contribution is 5.78. The van der Waals surface area contributed by atoms with Gasteiger partial charge in [-0.1, -0.05) is 12.1 Å². The summed E-state index contributed by atoms with van der Waals surface area (Å²) in [4.78, 5) is 11.5. The second-order valence-corrected chi connectivity index (χ2v) is 6.70. The van der Waals surface area contributed by atoms with Crippen molar-refractivity contribution in [2.45, 2.75) is 55.0 Å². The number of carbonyl (C=O) groups excluding carboxylic acids is 1. The van der Waals surface area contributed by atoms with Gasteiger partial charge in [-0.2, -0.15) is 74.6 Å². The molecule has 0 radical (unpaired) electrons. The third kappa shape index (κ3) is 6.15. The van der Waals surface area contributed by atoms with Crippen molar-refractivity contribution < 1.29 is 98.0 Å². The Balaban J connectivity index is 3.51.